The second kappa shape index (κ2) is 3.28. The average molecular weight is 277 g/mol. The van der Waals surface area contributed by atoms with Gasteiger partial charge in [0.2, 0.25) is 0 Å². The molecule has 0 unspecified atom stereocenters. The molecule has 84 valence electrons. The quantitative estimate of drug-likeness (QED) is 0.725. The maximum Gasteiger partial charge on any atom is 0.251 e. The van der Waals surface area contributed by atoms with Gasteiger partial charge in [-0.1, -0.05) is 41.4 Å². The summed E-state index contributed by atoms with van der Waals surface area (Å²) in [6.45, 7) is 0. The van der Waals surface area contributed by atoms with Crippen molar-refractivity contribution < 1.29 is 4.79 Å². The summed E-state index contributed by atoms with van der Waals surface area (Å²) in [7, 11) is 0. The van der Waals surface area contributed by atoms with Gasteiger partial charge in [0.25, 0.3) is 5.91 Å². The fourth-order valence-electron chi connectivity index (χ4n) is 2.44. The molecule has 1 aliphatic heterocycles. The molecule has 1 aliphatic carbocycles. The number of fused-ring (bicyclic) bond motifs is 3. The molecule has 0 aromatic heterocycles. The van der Waals surface area contributed by atoms with Gasteiger partial charge in [0.05, 0.1) is 11.4 Å². The fourth-order valence-corrected chi connectivity index (χ4v) is 3.51. The van der Waals surface area contributed by atoms with Crippen LogP contribution >= 0.6 is 34.8 Å². The van der Waals surface area contributed by atoms with E-state index in [0.717, 1.165) is 5.56 Å². The van der Waals surface area contributed by atoms with Crippen LogP contribution in [0.3, 0.4) is 0 Å². The van der Waals surface area contributed by atoms with Crippen LogP contribution in [0.1, 0.15) is 21.8 Å². The normalized spacial score (nSPS) is 34.4. The van der Waals surface area contributed by atoms with Gasteiger partial charge in [-0.05, 0) is 11.6 Å². The Morgan fingerprint density at radius 1 is 1.25 bits per heavy atom. The van der Waals surface area contributed by atoms with E-state index < -0.39 is 4.33 Å². The average Bonchev–Trinajstić information content (AvgIpc) is 2.29. The summed E-state index contributed by atoms with van der Waals surface area (Å²) in [5.41, 5.74) is 1.60. The standard InChI is InChI=1S/C11H8Cl3NO/c12-8-7-5-3-1-2-4-6(5)10(16)15-9(7)11(8,13)14/h1-4,7-9H,(H,15,16)/t7-,8+,9-/m1/s1. The largest absolute Gasteiger partial charge is 0.346 e. The van der Waals surface area contributed by atoms with Crippen LogP contribution in [-0.2, 0) is 0 Å². The van der Waals surface area contributed by atoms with Crippen molar-refractivity contribution >= 4 is 40.7 Å². The van der Waals surface area contributed by atoms with E-state index in [-0.39, 0.29) is 23.2 Å². The smallest absolute Gasteiger partial charge is 0.251 e. The van der Waals surface area contributed by atoms with Gasteiger partial charge < -0.3 is 5.32 Å². The first-order chi connectivity index (χ1) is 7.53. The molecule has 3 rings (SSSR count). The fraction of sp³-hybridized carbons (Fsp3) is 0.364. The minimum Gasteiger partial charge on any atom is -0.346 e. The van der Waals surface area contributed by atoms with E-state index >= 15 is 0 Å². The Balaban J connectivity index is 2.11. The number of carbonyl (C=O) groups is 1. The minimum absolute atomic E-state index is 0.00515. The van der Waals surface area contributed by atoms with Crippen molar-refractivity contribution in [2.45, 2.75) is 21.7 Å². The lowest BCUT2D eigenvalue weighted by Gasteiger charge is -2.54. The lowest BCUT2D eigenvalue weighted by molar-refractivity contribution is 0.0872. The van der Waals surface area contributed by atoms with Gasteiger partial charge in [-0.15, -0.1) is 11.6 Å². The third kappa shape index (κ3) is 1.18. The second-order valence-electron chi connectivity index (χ2n) is 4.14. The van der Waals surface area contributed by atoms with Crippen LogP contribution in [0.4, 0.5) is 0 Å². The molecule has 2 nitrogen and oxygen atoms in total. The van der Waals surface area contributed by atoms with E-state index in [1.165, 1.54) is 0 Å². The van der Waals surface area contributed by atoms with E-state index in [1.54, 1.807) is 6.07 Å². The highest BCUT2D eigenvalue weighted by Crippen LogP contribution is 2.56. The van der Waals surface area contributed by atoms with E-state index in [4.69, 9.17) is 34.8 Å². The van der Waals surface area contributed by atoms with Crippen molar-refractivity contribution in [3.63, 3.8) is 0 Å². The molecule has 5 heteroatoms. The summed E-state index contributed by atoms with van der Waals surface area (Å²) in [6, 6.07) is 7.12. The molecule has 1 amide bonds. The zero-order valence-corrected chi connectivity index (χ0v) is 10.4. The van der Waals surface area contributed by atoms with Crippen molar-refractivity contribution in [2.24, 2.45) is 0 Å². The van der Waals surface area contributed by atoms with Crippen molar-refractivity contribution in [1.29, 1.82) is 0 Å². The topological polar surface area (TPSA) is 29.1 Å². The van der Waals surface area contributed by atoms with Crippen molar-refractivity contribution in [1.82, 2.24) is 5.32 Å². The number of alkyl halides is 3. The Bertz CT molecular complexity index is 474. The summed E-state index contributed by atoms with van der Waals surface area (Å²) < 4.78 is -1.07. The molecule has 1 heterocycles. The molecule has 16 heavy (non-hydrogen) atoms. The highest BCUT2D eigenvalue weighted by Gasteiger charge is 2.63. The van der Waals surface area contributed by atoms with Crippen LogP contribution in [-0.4, -0.2) is 21.7 Å². The lowest BCUT2D eigenvalue weighted by atomic mass is 9.69. The number of rotatable bonds is 0. The van der Waals surface area contributed by atoms with Gasteiger partial charge in [-0.3, -0.25) is 4.79 Å². The third-order valence-corrected chi connectivity index (χ3v) is 5.09. The first kappa shape index (κ1) is 10.7. The van der Waals surface area contributed by atoms with E-state index in [1.807, 2.05) is 18.2 Å². The lowest BCUT2D eigenvalue weighted by Crippen LogP contribution is -2.68. The molecule has 3 atom stereocenters. The zero-order chi connectivity index (χ0) is 11.5. The molecule has 0 saturated heterocycles. The van der Waals surface area contributed by atoms with Gasteiger partial charge in [0.15, 0.2) is 4.33 Å². The number of halogens is 3. The number of carbonyl (C=O) groups excluding carboxylic acids is 1. The molecule has 1 fully saturated rings. The molecule has 1 N–H and O–H groups in total. The zero-order valence-electron chi connectivity index (χ0n) is 8.08. The van der Waals surface area contributed by atoms with E-state index in [0.29, 0.717) is 5.56 Å². The summed E-state index contributed by atoms with van der Waals surface area (Å²) in [5.74, 6) is -0.128. The maximum absolute atomic E-state index is 11.8. The van der Waals surface area contributed by atoms with Crippen LogP contribution in [0, 0.1) is 0 Å². The Labute approximate surface area is 108 Å². The van der Waals surface area contributed by atoms with Crippen LogP contribution in [0.2, 0.25) is 0 Å². The summed E-state index contributed by atoms with van der Waals surface area (Å²) in [6.07, 6.45) is 0. The summed E-state index contributed by atoms with van der Waals surface area (Å²) in [4.78, 5) is 11.8. The molecule has 0 spiro atoms. The molecular weight excluding hydrogens is 268 g/mol. The van der Waals surface area contributed by atoms with Crippen LogP contribution < -0.4 is 5.32 Å². The highest BCUT2D eigenvalue weighted by atomic mass is 35.5. The van der Waals surface area contributed by atoms with Crippen LogP contribution in [0.5, 0.6) is 0 Å². The van der Waals surface area contributed by atoms with Crippen LogP contribution in [0.25, 0.3) is 0 Å². The predicted molar refractivity (Wildman–Crippen MR) is 64.5 cm³/mol. The Hall–Kier alpha value is -0.440. The summed E-state index contributed by atoms with van der Waals surface area (Å²) >= 11 is 18.3. The monoisotopic (exact) mass is 275 g/mol. The Kier molecular flexibility index (Phi) is 2.19. The van der Waals surface area contributed by atoms with Gasteiger partial charge in [0, 0.05) is 11.5 Å². The predicted octanol–water partition coefficient (Wildman–Crippen LogP) is 2.68. The van der Waals surface area contributed by atoms with Crippen molar-refractivity contribution in [2.75, 3.05) is 0 Å². The first-order valence-electron chi connectivity index (χ1n) is 4.95. The van der Waals surface area contributed by atoms with Gasteiger partial charge in [-0.2, -0.15) is 0 Å². The van der Waals surface area contributed by atoms with Crippen molar-refractivity contribution in [3.05, 3.63) is 35.4 Å². The van der Waals surface area contributed by atoms with Gasteiger partial charge >= 0.3 is 0 Å². The van der Waals surface area contributed by atoms with Crippen LogP contribution in [0.15, 0.2) is 24.3 Å². The molecule has 1 aromatic carbocycles. The molecule has 0 radical (unpaired) electrons. The molecule has 0 bridgehead atoms. The third-order valence-electron chi connectivity index (χ3n) is 3.31. The van der Waals surface area contributed by atoms with Crippen molar-refractivity contribution in [3.8, 4) is 0 Å². The first-order valence-corrected chi connectivity index (χ1v) is 6.14. The van der Waals surface area contributed by atoms with Gasteiger partial charge in [0.1, 0.15) is 0 Å². The Morgan fingerprint density at radius 2 is 1.94 bits per heavy atom. The number of amides is 1. The highest BCUT2D eigenvalue weighted by molar-refractivity contribution is 6.54. The Morgan fingerprint density at radius 3 is 2.69 bits per heavy atom. The van der Waals surface area contributed by atoms with E-state index in [9.17, 15) is 4.79 Å². The maximum atomic E-state index is 11.8. The number of benzene rings is 1. The summed E-state index contributed by atoms with van der Waals surface area (Å²) in [5, 5.41) is 2.43. The SMILES string of the molecule is O=C1N[C@@H]2[C@H](c3ccccc31)[C@H](Cl)C2(Cl)Cl. The number of hydrogen-bond acceptors (Lipinski definition) is 1. The minimum atomic E-state index is -1.07. The molecule has 2 aliphatic rings. The van der Waals surface area contributed by atoms with Gasteiger partial charge in [-0.25, -0.2) is 0 Å². The molecular formula is C11H8Cl3NO. The molecule has 1 aromatic rings. The molecule has 1 saturated carbocycles. The number of nitrogens with one attached hydrogen (secondary N) is 1. The second-order valence-corrected chi connectivity index (χ2v) is 6.05. The number of hydrogen-bond donors (Lipinski definition) is 1. The van der Waals surface area contributed by atoms with E-state index in [2.05, 4.69) is 5.32 Å².